The molecule has 1 aromatic carbocycles. The smallest absolute Gasteiger partial charge is 0.229 e. The molecule has 1 amide bonds. The Morgan fingerprint density at radius 2 is 1.94 bits per heavy atom. The minimum atomic E-state index is 0.252. The Morgan fingerprint density at radius 3 is 2.64 bits per heavy atom. The zero-order valence-electron chi connectivity index (χ0n) is 19.7. The Morgan fingerprint density at radius 1 is 1.15 bits per heavy atom. The van der Waals surface area contributed by atoms with Gasteiger partial charge in [-0.15, -0.1) is 0 Å². The predicted octanol–water partition coefficient (Wildman–Crippen LogP) is 2.59. The first-order valence-electron chi connectivity index (χ1n) is 11.5. The topological polar surface area (TPSA) is 88.4 Å². The molecule has 3 aliphatic rings. The van der Waals surface area contributed by atoms with E-state index in [1.807, 2.05) is 11.9 Å². The summed E-state index contributed by atoms with van der Waals surface area (Å²) in [6, 6.07) is 4.26. The average molecular weight is 450 g/mol. The number of hydrogen-bond acceptors (Lipinski definition) is 7. The third-order valence-corrected chi connectivity index (χ3v) is 6.87. The van der Waals surface area contributed by atoms with Crippen molar-refractivity contribution in [2.24, 2.45) is 18.9 Å². The number of hydrogen-bond donors (Lipinski definition) is 1. The summed E-state index contributed by atoms with van der Waals surface area (Å²) in [7, 11) is 5.70. The molecule has 2 atom stereocenters. The Labute approximate surface area is 193 Å². The van der Waals surface area contributed by atoms with E-state index in [0.29, 0.717) is 5.95 Å². The second kappa shape index (κ2) is 8.62. The quantitative estimate of drug-likeness (QED) is 0.657. The summed E-state index contributed by atoms with van der Waals surface area (Å²) >= 11 is 0. The van der Waals surface area contributed by atoms with E-state index in [1.165, 1.54) is 17.5 Å². The van der Waals surface area contributed by atoms with E-state index in [4.69, 9.17) is 4.74 Å². The summed E-state index contributed by atoms with van der Waals surface area (Å²) in [4.78, 5) is 23.9. The molecular formula is C24H31N7O2. The van der Waals surface area contributed by atoms with Gasteiger partial charge in [0.2, 0.25) is 11.9 Å². The van der Waals surface area contributed by atoms with Gasteiger partial charge < -0.3 is 19.9 Å². The van der Waals surface area contributed by atoms with Gasteiger partial charge in [-0.2, -0.15) is 10.1 Å². The largest absolute Gasteiger partial charge is 0.495 e. The number of benzene rings is 1. The number of carbonyl (C=O) groups excluding carboxylic acids is 1. The second-order valence-electron chi connectivity index (χ2n) is 9.35. The molecule has 1 saturated carbocycles. The number of nitrogens with zero attached hydrogens (tertiary/aromatic N) is 6. The number of ether oxygens (including phenoxy) is 1. The van der Waals surface area contributed by atoms with E-state index in [-0.39, 0.29) is 5.91 Å². The minimum absolute atomic E-state index is 0.252. The number of aromatic nitrogens is 4. The number of rotatable bonds is 3. The fourth-order valence-corrected chi connectivity index (χ4v) is 4.77. The molecule has 1 aliphatic carbocycles. The highest BCUT2D eigenvalue weighted by Gasteiger charge is 2.45. The van der Waals surface area contributed by atoms with Gasteiger partial charge in [0.15, 0.2) is 5.65 Å². The van der Waals surface area contributed by atoms with Crippen LogP contribution >= 0.6 is 0 Å². The van der Waals surface area contributed by atoms with Crippen molar-refractivity contribution in [3.8, 4) is 5.75 Å². The van der Waals surface area contributed by atoms with E-state index >= 15 is 0 Å². The summed E-state index contributed by atoms with van der Waals surface area (Å²) in [5.74, 6) is 3.37. The van der Waals surface area contributed by atoms with E-state index in [0.717, 1.165) is 66.9 Å². The molecule has 6 rings (SSSR count). The van der Waals surface area contributed by atoms with Gasteiger partial charge >= 0.3 is 0 Å². The van der Waals surface area contributed by atoms with Crippen molar-refractivity contribution in [1.29, 1.82) is 0 Å². The van der Waals surface area contributed by atoms with Crippen molar-refractivity contribution in [2.75, 3.05) is 39.1 Å². The maximum absolute atomic E-state index is 10.7. The third kappa shape index (κ3) is 4.50. The molecule has 2 aromatic heterocycles. The molecule has 2 unspecified atom stereocenters. The van der Waals surface area contributed by atoms with Gasteiger partial charge in [-0.3, -0.25) is 9.48 Å². The van der Waals surface area contributed by atoms with Gasteiger partial charge in [0.25, 0.3) is 0 Å². The van der Waals surface area contributed by atoms with Crippen LogP contribution in [0.4, 0.5) is 11.6 Å². The molecule has 0 radical (unpaired) electrons. The van der Waals surface area contributed by atoms with Gasteiger partial charge in [-0.25, -0.2) is 4.98 Å². The van der Waals surface area contributed by atoms with Crippen molar-refractivity contribution in [2.45, 2.75) is 26.3 Å². The van der Waals surface area contributed by atoms with E-state index in [1.54, 1.807) is 31.1 Å². The summed E-state index contributed by atoms with van der Waals surface area (Å²) < 4.78 is 7.29. The molecule has 3 aromatic rings. The molecule has 2 fully saturated rings. The SMILES string of the molecule is CC(=O)N1CC2CC2C1.COc1cc2c(cc1Nc1ncc3cnn(C)c3n1)CN(C)CC2. The van der Waals surface area contributed by atoms with Crippen LogP contribution in [0.15, 0.2) is 24.5 Å². The monoisotopic (exact) mass is 449 g/mol. The molecule has 0 bridgehead atoms. The van der Waals surface area contributed by atoms with Crippen LogP contribution in [0.2, 0.25) is 0 Å². The third-order valence-electron chi connectivity index (χ3n) is 6.87. The first kappa shape index (κ1) is 21.6. The lowest BCUT2D eigenvalue weighted by atomic mass is 9.99. The molecule has 1 N–H and O–H groups in total. The molecular weight excluding hydrogens is 418 g/mol. The van der Waals surface area contributed by atoms with Crippen LogP contribution in [0.25, 0.3) is 11.0 Å². The molecule has 0 spiro atoms. The number of aryl methyl sites for hydroxylation is 1. The number of carbonyl (C=O) groups is 1. The normalized spacial score (nSPS) is 21.2. The summed E-state index contributed by atoms with van der Waals surface area (Å²) in [5, 5.41) is 8.41. The van der Waals surface area contributed by atoms with Gasteiger partial charge in [0.05, 0.1) is 24.4 Å². The minimum Gasteiger partial charge on any atom is -0.495 e. The molecule has 1 saturated heterocycles. The Hall–Kier alpha value is -3.20. The Kier molecular flexibility index (Phi) is 5.65. The fourth-order valence-electron chi connectivity index (χ4n) is 4.77. The molecule has 174 valence electrons. The number of nitrogens with one attached hydrogen (secondary N) is 1. The van der Waals surface area contributed by atoms with Crippen LogP contribution in [0.3, 0.4) is 0 Å². The molecule has 33 heavy (non-hydrogen) atoms. The number of fused-ring (bicyclic) bond motifs is 3. The molecule has 2 aliphatic heterocycles. The van der Waals surface area contributed by atoms with E-state index in [2.05, 4.69) is 44.5 Å². The summed E-state index contributed by atoms with van der Waals surface area (Å²) in [6.45, 7) is 5.75. The standard InChI is InChI=1S/C17H20N6O.C7H11NO/c1-22-5-4-11-7-15(24-3)14(6-12(11)10-22)20-17-18-8-13-9-19-23(2)16(13)21-17;1-5(9)8-3-6-2-7(6)4-8/h6-9H,4-5,10H2,1-3H3,(H,18,20,21);6-7H,2-4H2,1H3. The fraction of sp³-hybridized carbons (Fsp3) is 0.500. The van der Waals surface area contributed by atoms with Gasteiger partial charge in [-0.05, 0) is 55.0 Å². The zero-order valence-corrected chi connectivity index (χ0v) is 19.7. The van der Waals surface area contributed by atoms with Gasteiger partial charge in [0.1, 0.15) is 5.75 Å². The van der Waals surface area contributed by atoms with Crippen LogP contribution in [0.1, 0.15) is 24.5 Å². The number of likely N-dealkylation sites (N-methyl/N-ethyl adjacent to an activating group) is 1. The Bertz CT molecular complexity index is 1180. The first-order chi connectivity index (χ1) is 15.9. The maximum atomic E-state index is 10.7. The molecule has 9 heteroatoms. The first-order valence-corrected chi connectivity index (χ1v) is 11.5. The maximum Gasteiger partial charge on any atom is 0.229 e. The van der Waals surface area contributed by atoms with Crippen LogP contribution in [0, 0.1) is 11.8 Å². The number of anilines is 2. The van der Waals surface area contributed by atoms with Crippen molar-refractivity contribution >= 4 is 28.6 Å². The highest BCUT2D eigenvalue weighted by atomic mass is 16.5. The van der Waals surface area contributed by atoms with Crippen molar-refractivity contribution in [1.82, 2.24) is 29.5 Å². The molecule has 9 nitrogen and oxygen atoms in total. The van der Waals surface area contributed by atoms with Crippen LogP contribution in [-0.2, 0) is 24.8 Å². The van der Waals surface area contributed by atoms with E-state index in [9.17, 15) is 4.79 Å². The summed E-state index contributed by atoms with van der Waals surface area (Å²) in [5.41, 5.74) is 4.34. The van der Waals surface area contributed by atoms with Crippen LogP contribution < -0.4 is 10.1 Å². The lowest BCUT2D eigenvalue weighted by molar-refractivity contribution is -0.128. The van der Waals surface area contributed by atoms with Crippen molar-refractivity contribution < 1.29 is 9.53 Å². The van der Waals surface area contributed by atoms with Gasteiger partial charge in [-0.1, -0.05) is 0 Å². The average Bonchev–Trinajstić information content (AvgIpc) is 3.23. The lowest BCUT2D eigenvalue weighted by Gasteiger charge is -2.26. The molecule has 4 heterocycles. The highest BCUT2D eigenvalue weighted by molar-refractivity contribution is 5.76. The summed E-state index contributed by atoms with van der Waals surface area (Å²) in [6.07, 6.45) is 5.95. The van der Waals surface area contributed by atoms with Crippen molar-refractivity contribution in [3.05, 3.63) is 35.7 Å². The Balaban J connectivity index is 0.000000211. The number of likely N-dealkylation sites (tertiary alicyclic amines) is 1. The highest BCUT2D eigenvalue weighted by Crippen LogP contribution is 2.44. The van der Waals surface area contributed by atoms with Crippen LogP contribution in [-0.4, -0.2) is 69.2 Å². The second-order valence-corrected chi connectivity index (χ2v) is 9.35. The lowest BCUT2D eigenvalue weighted by Crippen LogP contribution is -2.27. The number of amides is 1. The van der Waals surface area contributed by atoms with E-state index < -0.39 is 0 Å². The number of piperidine rings is 1. The van der Waals surface area contributed by atoms with Crippen LogP contribution in [0.5, 0.6) is 5.75 Å². The van der Waals surface area contributed by atoms with Crippen molar-refractivity contribution in [3.63, 3.8) is 0 Å². The number of methoxy groups -OCH3 is 1. The predicted molar refractivity (Wildman–Crippen MR) is 126 cm³/mol. The zero-order chi connectivity index (χ0) is 23.1. The van der Waals surface area contributed by atoms with Gasteiger partial charge in [0, 0.05) is 46.3 Å².